The molecule has 0 spiro atoms. The second kappa shape index (κ2) is 6.39. The van der Waals surface area contributed by atoms with Crippen LogP contribution in [0.25, 0.3) is 0 Å². The number of halogens is 1. The first-order valence-electron chi connectivity index (χ1n) is 7.23. The van der Waals surface area contributed by atoms with Crippen molar-refractivity contribution in [2.75, 3.05) is 13.1 Å². The van der Waals surface area contributed by atoms with E-state index in [4.69, 9.17) is 14.6 Å². The molecule has 0 saturated carbocycles. The average Bonchev–Trinajstić information content (AvgIpc) is 2.35. The second-order valence-electron chi connectivity index (χ2n) is 6.62. The Labute approximate surface area is 143 Å². The van der Waals surface area contributed by atoms with Crippen molar-refractivity contribution in [2.45, 2.75) is 38.4 Å². The van der Waals surface area contributed by atoms with Gasteiger partial charge < -0.3 is 14.6 Å². The quantitative estimate of drug-likeness (QED) is 0.860. The molecular formula is C16H20BrNO5. The van der Waals surface area contributed by atoms with E-state index in [1.807, 2.05) is 12.1 Å². The summed E-state index contributed by atoms with van der Waals surface area (Å²) >= 11 is 3.37. The summed E-state index contributed by atoms with van der Waals surface area (Å²) in [6.07, 6.45) is -0.651. The highest BCUT2D eigenvalue weighted by atomic mass is 79.9. The maximum atomic E-state index is 12.0. The highest BCUT2D eigenvalue weighted by molar-refractivity contribution is 9.10. The molecular weight excluding hydrogens is 366 g/mol. The van der Waals surface area contributed by atoms with Crippen LogP contribution in [0, 0.1) is 0 Å². The number of carbonyl (C=O) groups excluding carboxylic acids is 1. The largest absolute Gasteiger partial charge is 0.482 e. The van der Waals surface area contributed by atoms with Crippen LogP contribution in [-0.4, -0.2) is 46.4 Å². The van der Waals surface area contributed by atoms with Crippen LogP contribution in [0.1, 0.15) is 27.2 Å². The Hall–Kier alpha value is -1.76. The molecule has 0 aromatic heterocycles. The van der Waals surface area contributed by atoms with Crippen molar-refractivity contribution < 1.29 is 24.2 Å². The monoisotopic (exact) mass is 385 g/mol. The summed E-state index contributed by atoms with van der Waals surface area (Å²) in [7, 11) is 0. The first-order chi connectivity index (χ1) is 10.6. The summed E-state index contributed by atoms with van der Waals surface area (Å²) in [5, 5.41) is 9.15. The molecule has 0 aliphatic carbocycles. The molecule has 1 heterocycles. The molecule has 1 N–H and O–H groups in total. The standard InChI is InChI=1S/C16H20BrNO5/c1-15(2,3)23-14(21)18-9-16(10-18,8-13(19)20)22-12-7-5-4-6-11(12)17/h4-7H,8-10H2,1-3H3,(H,19,20). The van der Waals surface area contributed by atoms with Gasteiger partial charge in [0.25, 0.3) is 0 Å². The predicted octanol–water partition coefficient (Wildman–Crippen LogP) is 3.29. The number of amides is 1. The van der Waals surface area contributed by atoms with Gasteiger partial charge in [-0.15, -0.1) is 0 Å². The molecule has 7 heteroatoms. The fourth-order valence-corrected chi connectivity index (χ4v) is 2.72. The number of hydrogen-bond donors (Lipinski definition) is 1. The van der Waals surface area contributed by atoms with Crippen LogP contribution in [0.4, 0.5) is 4.79 Å². The number of aliphatic carboxylic acids is 1. The number of rotatable bonds is 4. The summed E-state index contributed by atoms with van der Waals surface area (Å²) < 4.78 is 11.9. The molecule has 0 radical (unpaired) electrons. The average molecular weight is 386 g/mol. The summed E-state index contributed by atoms with van der Waals surface area (Å²) in [4.78, 5) is 24.6. The lowest BCUT2D eigenvalue weighted by molar-refractivity contribution is -0.149. The van der Waals surface area contributed by atoms with Crippen LogP contribution < -0.4 is 4.74 Å². The van der Waals surface area contributed by atoms with Crippen LogP contribution in [-0.2, 0) is 9.53 Å². The molecule has 1 fully saturated rings. The number of carboxylic acids is 1. The van der Waals surface area contributed by atoms with Crippen molar-refractivity contribution in [3.8, 4) is 5.75 Å². The van der Waals surface area contributed by atoms with Gasteiger partial charge in [0.1, 0.15) is 11.4 Å². The third kappa shape index (κ3) is 4.60. The Bertz CT molecular complexity index is 605. The Kier molecular flexibility index (Phi) is 4.89. The molecule has 1 aromatic rings. The predicted molar refractivity (Wildman–Crippen MR) is 87.6 cm³/mol. The highest BCUT2D eigenvalue weighted by Gasteiger charge is 2.50. The normalized spacial score (nSPS) is 16.4. The van der Waals surface area contributed by atoms with Crippen molar-refractivity contribution in [3.05, 3.63) is 28.7 Å². The van der Waals surface area contributed by atoms with Gasteiger partial charge in [-0.1, -0.05) is 12.1 Å². The zero-order chi connectivity index (χ0) is 17.3. The van der Waals surface area contributed by atoms with E-state index < -0.39 is 23.3 Å². The van der Waals surface area contributed by atoms with E-state index in [-0.39, 0.29) is 19.5 Å². The van der Waals surface area contributed by atoms with E-state index in [0.717, 1.165) is 4.47 Å². The van der Waals surface area contributed by atoms with Crippen molar-refractivity contribution in [2.24, 2.45) is 0 Å². The third-order valence-electron chi connectivity index (χ3n) is 3.25. The smallest absolute Gasteiger partial charge is 0.410 e. The van der Waals surface area contributed by atoms with E-state index in [9.17, 15) is 9.59 Å². The molecule has 0 atom stereocenters. The molecule has 126 valence electrons. The molecule has 6 nitrogen and oxygen atoms in total. The van der Waals surface area contributed by atoms with E-state index in [1.165, 1.54) is 4.90 Å². The summed E-state index contributed by atoms with van der Waals surface area (Å²) in [6.45, 7) is 5.71. The number of hydrogen-bond acceptors (Lipinski definition) is 4. The van der Waals surface area contributed by atoms with Gasteiger partial charge in [-0.2, -0.15) is 0 Å². The maximum absolute atomic E-state index is 12.0. The van der Waals surface area contributed by atoms with Crippen molar-refractivity contribution in [1.29, 1.82) is 0 Å². The number of para-hydroxylation sites is 1. The lowest BCUT2D eigenvalue weighted by Crippen LogP contribution is -2.67. The second-order valence-corrected chi connectivity index (χ2v) is 7.48. The molecule has 0 unspecified atom stereocenters. The Morgan fingerprint density at radius 3 is 2.43 bits per heavy atom. The summed E-state index contributed by atoms with van der Waals surface area (Å²) in [6, 6.07) is 7.21. The third-order valence-corrected chi connectivity index (χ3v) is 3.90. The van der Waals surface area contributed by atoms with Gasteiger partial charge >= 0.3 is 12.1 Å². The zero-order valence-corrected chi connectivity index (χ0v) is 14.9. The number of nitrogens with zero attached hydrogens (tertiary/aromatic N) is 1. The van der Waals surface area contributed by atoms with Crippen LogP contribution >= 0.6 is 15.9 Å². The number of likely N-dealkylation sites (tertiary alicyclic amines) is 1. The minimum absolute atomic E-state index is 0.176. The minimum atomic E-state index is -0.971. The van der Waals surface area contributed by atoms with Gasteiger partial charge in [0, 0.05) is 0 Å². The molecule has 2 rings (SSSR count). The summed E-state index contributed by atoms with van der Waals surface area (Å²) in [5.74, 6) is -0.418. The van der Waals surface area contributed by atoms with Gasteiger partial charge in [-0.05, 0) is 48.8 Å². The van der Waals surface area contributed by atoms with Gasteiger partial charge in [-0.25, -0.2) is 4.79 Å². The van der Waals surface area contributed by atoms with Gasteiger partial charge in [0.05, 0.1) is 24.0 Å². The highest BCUT2D eigenvalue weighted by Crippen LogP contribution is 2.35. The summed E-state index contributed by atoms with van der Waals surface area (Å²) in [5.41, 5.74) is -1.53. The molecule has 1 aromatic carbocycles. The molecule has 1 amide bonds. The van der Waals surface area contributed by atoms with Crippen LogP contribution in [0.2, 0.25) is 0 Å². The van der Waals surface area contributed by atoms with E-state index in [0.29, 0.717) is 5.75 Å². The lowest BCUT2D eigenvalue weighted by Gasteiger charge is -2.48. The van der Waals surface area contributed by atoms with Crippen molar-refractivity contribution >= 4 is 28.0 Å². The zero-order valence-electron chi connectivity index (χ0n) is 13.3. The molecule has 23 heavy (non-hydrogen) atoms. The number of benzene rings is 1. The van der Waals surface area contributed by atoms with Gasteiger partial charge in [-0.3, -0.25) is 9.69 Å². The van der Waals surface area contributed by atoms with Crippen LogP contribution in [0.3, 0.4) is 0 Å². The SMILES string of the molecule is CC(C)(C)OC(=O)N1CC(CC(=O)O)(Oc2ccccc2Br)C1. The van der Waals surface area contributed by atoms with E-state index in [1.54, 1.807) is 32.9 Å². The fraction of sp³-hybridized carbons (Fsp3) is 0.500. The van der Waals surface area contributed by atoms with Crippen LogP contribution in [0.15, 0.2) is 28.7 Å². The maximum Gasteiger partial charge on any atom is 0.410 e. The number of carboxylic acid groups (broad SMARTS) is 1. The Balaban J connectivity index is 2.08. The van der Waals surface area contributed by atoms with E-state index in [2.05, 4.69) is 15.9 Å². The molecule has 1 saturated heterocycles. The van der Waals surface area contributed by atoms with Gasteiger partial charge in [0.15, 0.2) is 5.60 Å². The lowest BCUT2D eigenvalue weighted by atomic mass is 9.90. The Morgan fingerprint density at radius 1 is 1.30 bits per heavy atom. The minimum Gasteiger partial charge on any atom is -0.482 e. The Morgan fingerprint density at radius 2 is 1.91 bits per heavy atom. The number of carbonyl (C=O) groups is 2. The topological polar surface area (TPSA) is 76.1 Å². The molecule has 1 aliphatic rings. The van der Waals surface area contributed by atoms with Gasteiger partial charge in [0.2, 0.25) is 0 Å². The van der Waals surface area contributed by atoms with Crippen molar-refractivity contribution in [3.63, 3.8) is 0 Å². The molecule has 1 aliphatic heterocycles. The first kappa shape index (κ1) is 17.6. The molecule has 0 bridgehead atoms. The van der Waals surface area contributed by atoms with E-state index >= 15 is 0 Å². The first-order valence-corrected chi connectivity index (χ1v) is 8.03. The van der Waals surface area contributed by atoms with Crippen molar-refractivity contribution in [1.82, 2.24) is 4.90 Å². The number of ether oxygens (including phenoxy) is 2. The fourth-order valence-electron chi connectivity index (χ4n) is 2.35. The van der Waals surface area contributed by atoms with Crippen LogP contribution in [0.5, 0.6) is 5.75 Å².